The predicted molar refractivity (Wildman–Crippen MR) is 117 cm³/mol. The predicted octanol–water partition coefficient (Wildman–Crippen LogP) is 3.77. The van der Waals surface area contributed by atoms with Gasteiger partial charge in [0.25, 0.3) is 0 Å². The number of urea groups is 1. The van der Waals surface area contributed by atoms with E-state index in [1.165, 1.54) is 11.1 Å². The summed E-state index contributed by atoms with van der Waals surface area (Å²) in [5, 5.41) is 12.8. The number of hydrogen-bond acceptors (Lipinski definition) is 3. The van der Waals surface area contributed by atoms with Gasteiger partial charge >= 0.3 is 6.03 Å². The first-order valence-corrected chi connectivity index (χ1v) is 11.3. The van der Waals surface area contributed by atoms with Crippen molar-refractivity contribution in [2.45, 2.75) is 50.7 Å². The third kappa shape index (κ3) is 3.54. The van der Waals surface area contributed by atoms with E-state index >= 15 is 0 Å². The molecule has 3 aliphatic heterocycles. The van der Waals surface area contributed by atoms with Gasteiger partial charge in [-0.2, -0.15) is 0 Å². The molecule has 0 radical (unpaired) electrons. The van der Waals surface area contributed by atoms with Crippen molar-refractivity contribution in [3.63, 3.8) is 0 Å². The molecule has 6 nitrogen and oxygen atoms in total. The van der Waals surface area contributed by atoms with Gasteiger partial charge in [0, 0.05) is 19.1 Å². The van der Waals surface area contributed by atoms with Crippen molar-refractivity contribution in [1.82, 2.24) is 15.1 Å². The number of carbonyl (C=O) groups is 2. The minimum Gasteiger partial charge on any atom is -0.508 e. The molecule has 0 spiro atoms. The van der Waals surface area contributed by atoms with E-state index in [-0.39, 0.29) is 41.7 Å². The van der Waals surface area contributed by atoms with Gasteiger partial charge in [0.05, 0.1) is 18.0 Å². The lowest BCUT2D eigenvalue weighted by molar-refractivity contribution is -0.148. The first-order chi connectivity index (χ1) is 15.0. The van der Waals surface area contributed by atoms with Crippen molar-refractivity contribution >= 4 is 11.9 Å². The smallest absolute Gasteiger partial charge is 0.318 e. The molecule has 2 aromatic carbocycles. The summed E-state index contributed by atoms with van der Waals surface area (Å²) in [7, 11) is 0. The van der Waals surface area contributed by atoms with Crippen molar-refractivity contribution < 1.29 is 14.7 Å². The van der Waals surface area contributed by atoms with Crippen LogP contribution in [0.15, 0.2) is 48.5 Å². The average molecular weight is 420 g/mol. The monoisotopic (exact) mass is 419 g/mol. The molecule has 3 amide bonds. The Morgan fingerprint density at radius 1 is 1.16 bits per heavy atom. The minimum atomic E-state index is -0.230. The topological polar surface area (TPSA) is 72.9 Å². The van der Waals surface area contributed by atoms with E-state index < -0.39 is 0 Å². The number of amides is 3. The Balaban J connectivity index is 1.37. The van der Waals surface area contributed by atoms with Gasteiger partial charge in [-0.15, -0.1) is 0 Å². The fraction of sp³-hybridized carbons (Fsp3) is 0.440. The molecule has 0 saturated carbocycles. The Morgan fingerprint density at radius 2 is 2.00 bits per heavy atom. The van der Waals surface area contributed by atoms with Crippen LogP contribution in [0.4, 0.5) is 4.79 Å². The first-order valence-electron chi connectivity index (χ1n) is 11.3. The van der Waals surface area contributed by atoms with Crippen LogP contribution in [0.5, 0.6) is 5.75 Å². The van der Waals surface area contributed by atoms with Gasteiger partial charge in [0.15, 0.2) is 0 Å². The molecule has 2 saturated heterocycles. The lowest BCUT2D eigenvalue weighted by atomic mass is 9.76. The van der Waals surface area contributed by atoms with Crippen molar-refractivity contribution in [3.8, 4) is 5.75 Å². The molecular formula is C25H29N3O3. The Bertz CT molecular complexity index is 1010. The van der Waals surface area contributed by atoms with Gasteiger partial charge in [0.1, 0.15) is 5.75 Å². The summed E-state index contributed by atoms with van der Waals surface area (Å²) in [6, 6.07) is 15.0. The van der Waals surface area contributed by atoms with Crippen LogP contribution in [0.3, 0.4) is 0 Å². The molecule has 162 valence electrons. The number of nitrogens with zero attached hydrogens (tertiary/aromatic N) is 2. The lowest BCUT2D eigenvalue weighted by Gasteiger charge is -2.51. The molecule has 6 heteroatoms. The molecule has 2 aromatic rings. The maximum Gasteiger partial charge on any atom is 0.318 e. The minimum absolute atomic E-state index is 0.0515. The molecule has 0 unspecified atom stereocenters. The summed E-state index contributed by atoms with van der Waals surface area (Å²) in [4.78, 5) is 30.6. The third-order valence-electron chi connectivity index (χ3n) is 7.23. The molecule has 0 bridgehead atoms. The molecule has 31 heavy (non-hydrogen) atoms. The largest absolute Gasteiger partial charge is 0.508 e. The molecule has 5 rings (SSSR count). The average Bonchev–Trinajstić information content (AvgIpc) is 2.78. The highest BCUT2D eigenvalue weighted by atomic mass is 16.3. The van der Waals surface area contributed by atoms with Gasteiger partial charge in [-0.3, -0.25) is 4.79 Å². The number of phenols is 1. The SMILES string of the molecule is C[C@@H](NC(=O)N1CCC[C@@H]2C(=O)N3CCc4ccccc4[C@@H]3C[C@@H]21)c1cccc(O)c1. The van der Waals surface area contributed by atoms with Crippen LogP contribution in [0, 0.1) is 5.92 Å². The quantitative estimate of drug-likeness (QED) is 0.778. The van der Waals surface area contributed by atoms with Gasteiger partial charge in [-0.1, -0.05) is 36.4 Å². The zero-order valence-electron chi connectivity index (χ0n) is 17.8. The molecule has 2 fully saturated rings. The van der Waals surface area contributed by atoms with Crippen LogP contribution < -0.4 is 5.32 Å². The van der Waals surface area contributed by atoms with E-state index in [2.05, 4.69) is 28.4 Å². The van der Waals surface area contributed by atoms with Crippen LogP contribution in [0.2, 0.25) is 0 Å². The number of aromatic hydroxyl groups is 1. The van der Waals surface area contributed by atoms with Gasteiger partial charge < -0.3 is 20.2 Å². The summed E-state index contributed by atoms with van der Waals surface area (Å²) in [6.45, 7) is 3.35. The Hall–Kier alpha value is -3.02. The number of likely N-dealkylation sites (tertiary alicyclic amines) is 1. The maximum absolute atomic E-state index is 13.4. The van der Waals surface area contributed by atoms with Gasteiger partial charge in [0.2, 0.25) is 5.91 Å². The van der Waals surface area contributed by atoms with Crippen LogP contribution in [-0.2, 0) is 11.2 Å². The van der Waals surface area contributed by atoms with Gasteiger partial charge in [-0.25, -0.2) is 4.79 Å². The zero-order chi connectivity index (χ0) is 21.5. The normalized spacial score (nSPS) is 25.8. The zero-order valence-corrected chi connectivity index (χ0v) is 17.8. The number of carbonyl (C=O) groups excluding carboxylic acids is 2. The number of benzene rings is 2. The van der Waals surface area contributed by atoms with E-state index in [9.17, 15) is 14.7 Å². The van der Waals surface area contributed by atoms with E-state index in [0.717, 1.165) is 37.8 Å². The van der Waals surface area contributed by atoms with Crippen LogP contribution in [0.1, 0.15) is 55.0 Å². The third-order valence-corrected chi connectivity index (χ3v) is 7.23. The highest BCUT2D eigenvalue weighted by Gasteiger charge is 2.48. The van der Waals surface area contributed by atoms with E-state index in [1.54, 1.807) is 18.2 Å². The number of phenolic OH excluding ortho intramolecular Hbond substituents is 1. The first kappa shape index (κ1) is 19.9. The van der Waals surface area contributed by atoms with Crippen LogP contribution in [-0.4, -0.2) is 46.0 Å². The summed E-state index contributed by atoms with van der Waals surface area (Å²) in [5.41, 5.74) is 3.41. The lowest BCUT2D eigenvalue weighted by Crippen LogP contribution is -2.61. The van der Waals surface area contributed by atoms with Crippen molar-refractivity contribution in [2.75, 3.05) is 13.1 Å². The second-order valence-electron chi connectivity index (χ2n) is 9.01. The van der Waals surface area contributed by atoms with E-state index in [0.29, 0.717) is 6.54 Å². The molecule has 3 heterocycles. The maximum atomic E-state index is 13.4. The fourth-order valence-electron chi connectivity index (χ4n) is 5.65. The molecule has 0 aromatic heterocycles. The highest BCUT2D eigenvalue weighted by molar-refractivity contribution is 5.83. The summed E-state index contributed by atoms with van der Waals surface area (Å²) < 4.78 is 0. The summed E-state index contributed by atoms with van der Waals surface area (Å²) in [6.07, 6.45) is 3.39. The summed E-state index contributed by atoms with van der Waals surface area (Å²) >= 11 is 0. The van der Waals surface area contributed by atoms with Crippen LogP contribution >= 0.6 is 0 Å². The Morgan fingerprint density at radius 3 is 2.84 bits per heavy atom. The summed E-state index contributed by atoms with van der Waals surface area (Å²) in [5.74, 6) is 0.275. The standard InChI is InChI=1S/C25H29N3O3/c1-16(18-7-4-8-19(29)14-18)26-25(31)28-12-5-10-21-23(28)15-22-20-9-3-2-6-17(20)11-13-27(22)24(21)30/h2-4,6-9,14,16,21-23,29H,5,10-13,15H2,1H3,(H,26,31)/t16-,21+,22+,23+/m1/s1. The van der Waals surface area contributed by atoms with Crippen molar-refractivity contribution in [3.05, 3.63) is 65.2 Å². The number of rotatable bonds is 2. The second-order valence-corrected chi connectivity index (χ2v) is 9.01. The fourth-order valence-corrected chi connectivity index (χ4v) is 5.65. The second kappa shape index (κ2) is 7.91. The number of hydrogen-bond donors (Lipinski definition) is 2. The number of piperidine rings is 2. The molecule has 4 atom stereocenters. The molecule has 0 aliphatic carbocycles. The number of fused-ring (bicyclic) bond motifs is 4. The number of nitrogens with one attached hydrogen (secondary N) is 1. The highest BCUT2D eigenvalue weighted by Crippen LogP contribution is 2.43. The van der Waals surface area contributed by atoms with E-state index in [1.807, 2.05) is 24.0 Å². The van der Waals surface area contributed by atoms with Crippen molar-refractivity contribution in [1.29, 1.82) is 0 Å². The Kier molecular flexibility index (Phi) is 5.08. The molecular weight excluding hydrogens is 390 g/mol. The van der Waals surface area contributed by atoms with E-state index in [4.69, 9.17) is 0 Å². The van der Waals surface area contributed by atoms with Gasteiger partial charge in [-0.05, 0) is 61.4 Å². The van der Waals surface area contributed by atoms with Crippen LogP contribution in [0.25, 0.3) is 0 Å². The molecule has 2 N–H and O–H groups in total. The Labute approximate surface area is 182 Å². The molecule has 3 aliphatic rings. The van der Waals surface area contributed by atoms with Crippen molar-refractivity contribution in [2.24, 2.45) is 5.92 Å².